The van der Waals surface area contributed by atoms with Gasteiger partial charge in [0.1, 0.15) is 0 Å². The molecule has 132 valence electrons. The van der Waals surface area contributed by atoms with Gasteiger partial charge in [0.2, 0.25) is 11.8 Å². The number of hydrogen-bond donors (Lipinski definition) is 0. The number of esters is 1. The number of likely N-dealkylation sites (tertiary alicyclic amines) is 1. The van der Waals surface area contributed by atoms with E-state index in [0.29, 0.717) is 24.4 Å². The zero-order valence-electron chi connectivity index (χ0n) is 14.6. The lowest BCUT2D eigenvalue weighted by Crippen LogP contribution is -2.52. The van der Waals surface area contributed by atoms with Gasteiger partial charge in [-0.1, -0.05) is 0 Å². The Bertz CT molecular complexity index is 549. The Hall–Kier alpha value is -1.39. The van der Waals surface area contributed by atoms with Gasteiger partial charge < -0.3 is 4.74 Å². The Morgan fingerprint density at radius 2 is 1.62 bits per heavy atom. The van der Waals surface area contributed by atoms with E-state index in [1.165, 1.54) is 24.2 Å². The first-order valence-corrected chi connectivity index (χ1v) is 9.40. The average molecular weight is 333 g/mol. The fraction of sp³-hybridized carbons (Fsp3) is 0.842. The molecule has 1 heterocycles. The van der Waals surface area contributed by atoms with Gasteiger partial charge in [-0.15, -0.1) is 0 Å². The smallest absolute Gasteiger partial charge is 0.306 e. The molecular weight excluding hydrogens is 306 g/mol. The maximum absolute atomic E-state index is 12.9. The lowest BCUT2D eigenvalue weighted by atomic mass is 9.45. The molecule has 5 heteroatoms. The molecule has 0 N–H and O–H groups in total. The molecule has 0 aromatic carbocycles. The molecule has 5 aliphatic rings. The highest BCUT2D eigenvalue weighted by Gasteiger charge is 2.62. The molecule has 0 radical (unpaired) electrons. The standard InChI is InChI=1S/C19H27NO4/c1-3-24-15(21)7-14-16(18(23)20(2)17(14)22)19-8-11-4-12(9-19)6-13(5-11)10-19/h11-14,16H,3-10H2,1-2H3/t11?,12?,13?,14-,16-,19?/m0/s1. The topological polar surface area (TPSA) is 63.7 Å². The number of ether oxygens (including phenoxy) is 1. The quantitative estimate of drug-likeness (QED) is 0.585. The van der Waals surface area contributed by atoms with Gasteiger partial charge in [-0.2, -0.15) is 0 Å². The summed E-state index contributed by atoms with van der Waals surface area (Å²) in [6, 6.07) is 0. The predicted octanol–water partition coefficient (Wildman–Crippen LogP) is 2.39. The van der Waals surface area contributed by atoms with Gasteiger partial charge in [-0.25, -0.2) is 0 Å². The Kier molecular flexibility index (Phi) is 3.73. The molecule has 4 bridgehead atoms. The van der Waals surface area contributed by atoms with E-state index in [0.717, 1.165) is 19.3 Å². The third kappa shape index (κ3) is 2.31. The largest absolute Gasteiger partial charge is 0.466 e. The Morgan fingerprint density at radius 3 is 2.12 bits per heavy atom. The summed E-state index contributed by atoms with van der Waals surface area (Å²) in [5.74, 6) is 0.722. The van der Waals surface area contributed by atoms with Crippen molar-refractivity contribution >= 4 is 17.8 Å². The minimum Gasteiger partial charge on any atom is -0.466 e. The Labute approximate surface area is 143 Å². The average Bonchev–Trinajstić information content (AvgIpc) is 2.71. The van der Waals surface area contributed by atoms with Crippen LogP contribution in [0.3, 0.4) is 0 Å². The van der Waals surface area contributed by atoms with Crippen LogP contribution < -0.4 is 0 Å². The molecule has 1 saturated heterocycles. The fourth-order valence-corrected chi connectivity index (χ4v) is 6.73. The third-order valence-electron chi connectivity index (χ3n) is 7.08. The number of carbonyl (C=O) groups excluding carboxylic acids is 3. The summed E-state index contributed by atoms with van der Waals surface area (Å²) in [6.07, 6.45) is 7.14. The van der Waals surface area contributed by atoms with Crippen molar-refractivity contribution in [2.24, 2.45) is 35.0 Å². The normalized spacial score (nSPS) is 43.6. The fourth-order valence-electron chi connectivity index (χ4n) is 6.73. The van der Waals surface area contributed by atoms with Crippen LogP contribution in [-0.2, 0) is 19.1 Å². The second kappa shape index (κ2) is 5.57. The van der Waals surface area contributed by atoms with Gasteiger partial charge in [-0.3, -0.25) is 19.3 Å². The summed E-state index contributed by atoms with van der Waals surface area (Å²) in [6.45, 7) is 2.08. The number of nitrogens with zero attached hydrogens (tertiary/aromatic N) is 1. The zero-order chi connectivity index (χ0) is 17.1. The van der Waals surface area contributed by atoms with Crippen molar-refractivity contribution in [1.29, 1.82) is 0 Å². The number of carbonyl (C=O) groups is 3. The van der Waals surface area contributed by atoms with Crippen LogP contribution >= 0.6 is 0 Å². The van der Waals surface area contributed by atoms with Gasteiger partial charge in [0.15, 0.2) is 0 Å². The number of rotatable bonds is 4. The van der Waals surface area contributed by atoms with Crippen molar-refractivity contribution in [2.45, 2.75) is 51.9 Å². The maximum Gasteiger partial charge on any atom is 0.306 e. The van der Waals surface area contributed by atoms with Crippen molar-refractivity contribution in [3.05, 3.63) is 0 Å². The second-order valence-electron chi connectivity index (χ2n) is 8.61. The van der Waals surface area contributed by atoms with Crippen LogP contribution in [-0.4, -0.2) is 36.3 Å². The minimum absolute atomic E-state index is 0.0508. The zero-order valence-corrected chi connectivity index (χ0v) is 14.6. The molecule has 0 aromatic rings. The number of imide groups is 1. The molecule has 24 heavy (non-hydrogen) atoms. The van der Waals surface area contributed by atoms with Crippen LogP contribution in [0.4, 0.5) is 0 Å². The van der Waals surface area contributed by atoms with Crippen LogP contribution in [0, 0.1) is 35.0 Å². The summed E-state index contributed by atoms with van der Waals surface area (Å²) in [5, 5.41) is 0. The van der Waals surface area contributed by atoms with Crippen LogP contribution in [0.1, 0.15) is 51.9 Å². The summed E-state index contributed by atoms with van der Waals surface area (Å²) >= 11 is 0. The molecule has 5 fully saturated rings. The van der Waals surface area contributed by atoms with Crippen molar-refractivity contribution in [3.8, 4) is 0 Å². The SMILES string of the molecule is CCOC(=O)C[C@@H]1C(=O)N(C)C(=O)[C@H]1C12CC3CC(CC(C3)C1)C2. The molecule has 0 spiro atoms. The summed E-state index contributed by atoms with van der Waals surface area (Å²) in [7, 11) is 1.57. The van der Waals surface area contributed by atoms with E-state index in [4.69, 9.17) is 4.74 Å². The predicted molar refractivity (Wildman–Crippen MR) is 86.6 cm³/mol. The van der Waals surface area contributed by atoms with Crippen LogP contribution in [0.25, 0.3) is 0 Å². The summed E-state index contributed by atoms with van der Waals surface area (Å²) < 4.78 is 5.07. The van der Waals surface area contributed by atoms with Crippen molar-refractivity contribution in [1.82, 2.24) is 4.90 Å². The lowest BCUT2D eigenvalue weighted by molar-refractivity contribution is -0.150. The van der Waals surface area contributed by atoms with Gasteiger partial charge >= 0.3 is 5.97 Å². The van der Waals surface area contributed by atoms with Crippen LogP contribution in [0.5, 0.6) is 0 Å². The lowest BCUT2D eigenvalue weighted by Gasteiger charge is -2.59. The first kappa shape index (κ1) is 16.1. The number of hydrogen-bond acceptors (Lipinski definition) is 4. The maximum atomic E-state index is 12.9. The Balaban J connectivity index is 1.65. The molecule has 2 atom stereocenters. The van der Waals surface area contributed by atoms with E-state index in [9.17, 15) is 14.4 Å². The van der Waals surface area contributed by atoms with Crippen LogP contribution in [0.2, 0.25) is 0 Å². The summed E-state index contributed by atoms with van der Waals surface area (Å²) in [5.41, 5.74) is -0.0522. The monoisotopic (exact) mass is 333 g/mol. The Morgan fingerprint density at radius 1 is 1.08 bits per heavy atom. The van der Waals surface area contributed by atoms with Gasteiger partial charge in [0.25, 0.3) is 0 Å². The van der Waals surface area contributed by atoms with Crippen molar-refractivity contribution < 1.29 is 19.1 Å². The van der Waals surface area contributed by atoms with Crippen molar-refractivity contribution in [2.75, 3.05) is 13.7 Å². The molecule has 1 aliphatic heterocycles. The first-order valence-electron chi connectivity index (χ1n) is 9.40. The van der Waals surface area contributed by atoms with Crippen molar-refractivity contribution in [3.63, 3.8) is 0 Å². The molecule has 5 rings (SSSR count). The van der Waals surface area contributed by atoms with E-state index in [1.807, 2.05) is 0 Å². The molecule has 5 nitrogen and oxygen atoms in total. The number of amides is 2. The molecular formula is C19H27NO4. The highest BCUT2D eigenvalue weighted by molar-refractivity contribution is 6.06. The van der Waals surface area contributed by atoms with E-state index in [-0.39, 0.29) is 35.5 Å². The van der Waals surface area contributed by atoms with Gasteiger partial charge in [0.05, 0.1) is 24.9 Å². The van der Waals surface area contributed by atoms with E-state index in [2.05, 4.69) is 0 Å². The van der Waals surface area contributed by atoms with Crippen LogP contribution in [0.15, 0.2) is 0 Å². The highest BCUT2D eigenvalue weighted by Crippen LogP contribution is 2.65. The summed E-state index contributed by atoms with van der Waals surface area (Å²) in [4.78, 5) is 38.9. The molecule has 4 aliphatic carbocycles. The van der Waals surface area contributed by atoms with Gasteiger partial charge in [-0.05, 0) is 68.6 Å². The molecule has 2 amide bonds. The van der Waals surface area contributed by atoms with Gasteiger partial charge in [0, 0.05) is 7.05 Å². The van der Waals surface area contributed by atoms with E-state index in [1.54, 1.807) is 14.0 Å². The van der Waals surface area contributed by atoms with E-state index < -0.39 is 5.92 Å². The molecule has 0 aromatic heterocycles. The second-order valence-corrected chi connectivity index (χ2v) is 8.61. The molecule has 4 saturated carbocycles. The van der Waals surface area contributed by atoms with E-state index >= 15 is 0 Å². The third-order valence-corrected chi connectivity index (χ3v) is 7.08. The first-order chi connectivity index (χ1) is 11.4. The molecule has 0 unspecified atom stereocenters. The highest BCUT2D eigenvalue weighted by atomic mass is 16.5. The minimum atomic E-state index is -0.516.